The largest absolute Gasteiger partial charge is 0.495 e. The molecular formula is C13H10Cl3NO3S. The first-order valence-electron chi connectivity index (χ1n) is 5.65. The van der Waals surface area contributed by atoms with Gasteiger partial charge in [-0.05, 0) is 30.3 Å². The number of methoxy groups -OCH3 is 1. The molecule has 8 heteroatoms. The van der Waals surface area contributed by atoms with Gasteiger partial charge in [0, 0.05) is 0 Å². The van der Waals surface area contributed by atoms with Crippen LogP contribution in [0, 0.1) is 0 Å². The minimum atomic E-state index is -3.86. The summed E-state index contributed by atoms with van der Waals surface area (Å²) in [6, 6.07) is 8.81. The number of anilines is 1. The van der Waals surface area contributed by atoms with Gasteiger partial charge in [0.25, 0.3) is 10.0 Å². The molecule has 0 aromatic heterocycles. The molecule has 0 atom stereocenters. The summed E-state index contributed by atoms with van der Waals surface area (Å²) in [5.41, 5.74) is 0.118. The fourth-order valence-electron chi connectivity index (χ4n) is 1.60. The lowest BCUT2D eigenvalue weighted by Crippen LogP contribution is -2.13. The molecule has 4 nitrogen and oxygen atoms in total. The highest BCUT2D eigenvalue weighted by Crippen LogP contribution is 2.33. The lowest BCUT2D eigenvalue weighted by Gasteiger charge is -2.12. The second-order valence-corrected chi connectivity index (χ2v) is 6.90. The average molecular weight is 367 g/mol. The highest BCUT2D eigenvalue weighted by molar-refractivity contribution is 7.92. The molecule has 0 amide bonds. The second kappa shape index (κ2) is 6.32. The predicted molar refractivity (Wildman–Crippen MR) is 85.3 cm³/mol. The minimum Gasteiger partial charge on any atom is -0.495 e. The molecule has 112 valence electrons. The van der Waals surface area contributed by atoms with Crippen LogP contribution in [-0.2, 0) is 10.0 Å². The maximum absolute atomic E-state index is 12.3. The number of halogens is 3. The predicted octanol–water partition coefficient (Wildman–Crippen LogP) is 4.46. The van der Waals surface area contributed by atoms with Crippen LogP contribution < -0.4 is 9.46 Å². The van der Waals surface area contributed by atoms with E-state index in [-0.39, 0.29) is 25.7 Å². The Kier molecular flexibility index (Phi) is 4.88. The summed E-state index contributed by atoms with van der Waals surface area (Å²) in [6.45, 7) is 0. The molecule has 1 N–H and O–H groups in total. The summed E-state index contributed by atoms with van der Waals surface area (Å²) >= 11 is 17.8. The van der Waals surface area contributed by atoms with Crippen molar-refractivity contribution in [3.63, 3.8) is 0 Å². The van der Waals surface area contributed by atoms with Crippen molar-refractivity contribution in [3.05, 3.63) is 51.5 Å². The molecule has 0 heterocycles. The molecule has 0 aliphatic heterocycles. The molecule has 0 aliphatic rings. The minimum absolute atomic E-state index is 0.0238. The van der Waals surface area contributed by atoms with Crippen LogP contribution in [0.3, 0.4) is 0 Å². The Morgan fingerprint density at radius 1 is 1.00 bits per heavy atom. The zero-order chi connectivity index (χ0) is 15.6. The molecule has 0 radical (unpaired) electrons. The maximum Gasteiger partial charge on any atom is 0.262 e. The SMILES string of the molecule is COc1ccc(S(=O)(=O)Nc2c(Cl)cccc2Cl)cc1Cl. The smallest absolute Gasteiger partial charge is 0.262 e. The topological polar surface area (TPSA) is 55.4 Å². The molecule has 2 aromatic rings. The molecule has 0 bridgehead atoms. The van der Waals surface area contributed by atoms with Crippen LogP contribution in [0.15, 0.2) is 41.3 Å². The molecular weight excluding hydrogens is 357 g/mol. The van der Waals surface area contributed by atoms with Crippen LogP contribution in [0.5, 0.6) is 5.75 Å². The van der Waals surface area contributed by atoms with E-state index in [0.717, 1.165) is 0 Å². The van der Waals surface area contributed by atoms with Crippen molar-refractivity contribution in [2.24, 2.45) is 0 Å². The summed E-state index contributed by atoms with van der Waals surface area (Å²) < 4.78 is 32.0. The van der Waals surface area contributed by atoms with Gasteiger partial charge >= 0.3 is 0 Å². The first-order valence-corrected chi connectivity index (χ1v) is 8.27. The number of rotatable bonds is 4. The van der Waals surface area contributed by atoms with Gasteiger partial charge in [-0.15, -0.1) is 0 Å². The Morgan fingerprint density at radius 2 is 1.62 bits per heavy atom. The number of sulfonamides is 1. The Balaban J connectivity index is 2.41. The van der Waals surface area contributed by atoms with E-state index in [0.29, 0.717) is 5.75 Å². The zero-order valence-corrected chi connectivity index (χ0v) is 13.8. The number of benzene rings is 2. The van der Waals surface area contributed by atoms with E-state index in [4.69, 9.17) is 39.5 Å². The molecule has 21 heavy (non-hydrogen) atoms. The Labute approximate surface area is 137 Å². The van der Waals surface area contributed by atoms with E-state index >= 15 is 0 Å². The van der Waals surface area contributed by atoms with Crippen LogP contribution in [0.25, 0.3) is 0 Å². The van der Waals surface area contributed by atoms with Gasteiger partial charge in [-0.25, -0.2) is 8.42 Å². The van der Waals surface area contributed by atoms with E-state index < -0.39 is 10.0 Å². The third-order valence-electron chi connectivity index (χ3n) is 2.63. The second-order valence-electron chi connectivity index (χ2n) is 4.00. The van der Waals surface area contributed by atoms with Gasteiger partial charge in [0.05, 0.1) is 32.8 Å². The Bertz CT molecular complexity index is 758. The molecule has 0 saturated heterocycles. The van der Waals surface area contributed by atoms with Gasteiger partial charge in [-0.3, -0.25) is 4.72 Å². The van der Waals surface area contributed by atoms with Crippen LogP contribution in [-0.4, -0.2) is 15.5 Å². The number of nitrogens with one attached hydrogen (secondary N) is 1. The quantitative estimate of drug-likeness (QED) is 0.869. The van der Waals surface area contributed by atoms with Crippen molar-refractivity contribution in [1.82, 2.24) is 0 Å². The first-order chi connectivity index (χ1) is 9.85. The van der Waals surface area contributed by atoms with Gasteiger partial charge in [0.1, 0.15) is 5.75 Å². The van der Waals surface area contributed by atoms with Gasteiger partial charge in [-0.2, -0.15) is 0 Å². The Hall–Kier alpha value is -1.14. The fourth-order valence-corrected chi connectivity index (χ4v) is 3.66. The molecule has 2 rings (SSSR count). The fraction of sp³-hybridized carbons (Fsp3) is 0.0769. The Morgan fingerprint density at radius 3 is 2.14 bits per heavy atom. The standard InChI is InChI=1S/C13H10Cl3NO3S/c1-20-12-6-5-8(7-11(12)16)21(18,19)17-13-9(14)3-2-4-10(13)15/h2-7,17H,1H3. The van der Waals surface area contributed by atoms with Crippen molar-refractivity contribution in [3.8, 4) is 5.75 Å². The van der Waals surface area contributed by atoms with Crippen molar-refractivity contribution in [2.45, 2.75) is 4.90 Å². The summed E-state index contributed by atoms with van der Waals surface area (Å²) in [6.07, 6.45) is 0. The highest BCUT2D eigenvalue weighted by atomic mass is 35.5. The molecule has 0 saturated carbocycles. The summed E-state index contributed by atoms with van der Waals surface area (Å²) in [5.74, 6) is 0.381. The maximum atomic E-state index is 12.3. The summed E-state index contributed by atoms with van der Waals surface area (Å²) in [4.78, 5) is -0.0238. The monoisotopic (exact) mass is 365 g/mol. The normalized spacial score (nSPS) is 11.2. The van der Waals surface area contributed by atoms with Gasteiger partial charge in [0.15, 0.2) is 0 Å². The van der Waals surface area contributed by atoms with Crippen molar-refractivity contribution in [2.75, 3.05) is 11.8 Å². The van der Waals surface area contributed by atoms with Gasteiger partial charge in [-0.1, -0.05) is 40.9 Å². The number of hydrogen-bond donors (Lipinski definition) is 1. The summed E-state index contributed by atoms with van der Waals surface area (Å²) in [5, 5.41) is 0.585. The molecule has 2 aromatic carbocycles. The van der Waals surface area contributed by atoms with Crippen molar-refractivity contribution < 1.29 is 13.2 Å². The first kappa shape index (κ1) is 16.2. The van der Waals surface area contributed by atoms with E-state index in [1.54, 1.807) is 6.07 Å². The van der Waals surface area contributed by atoms with Crippen molar-refractivity contribution >= 4 is 50.5 Å². The van der Waals surface area contributed by atoms with Crippen LogP contribution in [0.4, 0.5) is 5.69 Å². The molecule has 0 unspecified atom stereocenters. The highest BCUT2D eigenvalue weighted by Gasteiger charge is 2.19. The lowest BCUT2D eigenvalue weighted by atomic mass is 10.3. The van der Waals surface area contributed by atoms with Crippen molar-refractivity contribution in [1.29, 1.82) is 0 Å². The third-order valence-corrected chi connectivity index (χ3v) is 4.91. The van der Waals surface area contributed by atoms with Gasteiger partial charge in [0.2, 0.25) is 0 Å². The van der Waals surface area contributed by atoms with E-state index in [2.05, 4.69) is 4.72 Å². The third kappa shape index (κ3) is 3.55. The average Bonchev–Trinajstić information content (AvgIpc) is 2.43. The van der Waals surface area contributed by atoms with Gasteiger partial charge < -0.3 is 4.74 Å². The van der Waals surface area contributed by atoms with E-state index in [1.807, 2.05) is 0 Å². The number of hydrogen-bond acceptors (Lipinski definition) is 3. The summed E-state index contributed by atoms with van der Waals surface area (Å²) in [7, 11) is -2.42. The van der Waals surface area contributed by atoms with E-state index in [9.17, 15) is 8.42 Å². The molecule has 0 aliphatic carbocycles. The van der Waals surface area contributed by atoms with Crippen LogP contribution in [0.1, 0.15) is 0 Å². The number of para-hydroxylation sites is 1. The van der Waals surface area contributed by atoms with Crippen LogP contribution in [0.2, 0.25) is 15.1 Å². The molecule has 0 fully saturated rings. The lowest BCUT2D eigenvalue weighted by molar-refractivity contribution is 0.414. The van der Waals surface area contributed by atoms with Crippen LogP contribution >= 0.6 is 34.8 Å². The zero-order valence-electron chi connectivity index (χ0n) is 10.7. The number of ether oxygens (including phenoxy) is 1. The van der Waals surface area contributed by atoms with E-state index in [1.165, 1.54) is 37.4 Å². The molecule has 0 spiro atoms.